The number of hydrogen-bond donors (Lipinski definition) is 3. The summed E-state index contributed by atoms with van der Waals surface area (Å²) in [6, 6.07) is 6.46. The molecule has 146 valence electrons. The molecule has 27 heavy (non-hydrogen) atoms. The van der Waals surface area contributed by atoms with Crippen LogP contribution in [0, 0.1) is 17.0 Å². The van der Waals surface area contributed by atoms with Crippen LogP contribution in [0.4, 0.5) is 29.3 Å². The van der Waals surface area contributed by atoms with Crippen molar-refractivity contribution in [3.63, 3.8) is 0 Å². The first kappa shape index (κ1) is 20.2. The van der Waals surface area contributed by atoms with E-state index in [4.69, 9.17) is 4.42 Å². The fourth-order valence-electron chi connectivity index (χ4n) is 2.29. The summed E-state index contributed by atoms with van der Waals surface area (Å²) in [5.74, 6) is -0.475. The summed E-state index contributed by atoms with van der Waals surface area (Å²) in [5.41, 5.74) is -3.43. The number of aliphatic hydroxyl groups is 1. The highest BCUT2D eigenvalue weighted by Gasteiger charge is 2.56. The molecule has 0 aliphatic carbocycles. The van der Waals surface area contributed by atoms with Gasteiger partial charge in [0.15, 0.2) is 0 Å². The van der Waals surface area contributed by atoms with E-state index in [9.17, 15) is 33.2 Å². The van der Waals surface area contributed by atoms with Crippen LogP contribution in [0.1, 0.15) is 17.9 Å². The van der Waals surface area contributed by atoms with Crippen molar-refractivity contribution in [1.29, 1.82) is 0 Å². The van der Waals surface area contributed by atoms with Crippen LogP contribution in [-0.4, -0.2) is 28.8 Å². The number of benzene rings is 1. The van der Waals surface area contributed by atoms with Crippen molar-refractivity contribution < 1.29 is 32.4 Å². The third-order valence-corrected chi connectivity index (χ3v) is 3.70. The third kappa shape index (κ3) is 4.76. The number of aryl methyl sites for hydroxylation is 1. The van der Waals surface area contributed by atoms with Crippen LogP contribution in [-0.2, 0) is 5.60 Å². The number of rotatable bonds is 6. The van der Waals surface area contributed by atoms with E-state index in [0.29, 0.717) is 0 Å². The molecule has 0 aliphatic heterocycles. The maximum atomic E-state index is 13.3. The fourth-order valence-corrected chi connectivity index (χ4v) is 2.29. The van der Waals surface area contributed by atoms with E-state index in [1.807, 2.05) is 0 Å². The lowest BCUT2D eigenvalue weighted by atomic mass is 9.96. The Morgan fingerprint density at radius 2 is 2.00 bits per heavy atom. The van der Waals surface area contributed by atoms with Crippen LogP contribution in [0.15, 0.2) is 40.8 Å². The average Bonchev–Trinajstić information content (AvgIpc) is 3.00. The molecule has 0 fully saturated rings. The van der Waals surface area contributed by atoms with Gasteiger partial charge in [0.1, 0.15) is 11.5 Å². The van der Waals surface area contributed by atoms with Gasteiger partial charge in [0, 0.05) is 30.8 Å². The minimum absolute atomic E-state index is 0.0921. The zero-order valence-electron chi connectivity index (χ0n) is 14.0. The molecule has 0 radical (unpaired) electrons. The molecule has 3 N–H and O–H groups in total. The van der Waals surface area contributed by atoms with Crippen molar-refractivity contribution in [1.82, 2.24) is 5.32 Å². The van der Waals surface area contributed by atoms with E-state index in [0.717, 1.165) is 12.1 Å². The quantitative estimate of drug-likeness (QED) is 0.518. The number of hydrogen-bond acceptors (Lipinski definition) is 5. The average molecular weight is 387 g/mol. The number of nitrogens with zero attached hydrogens (tertiary/aromatic N) is 1. The van der Waals surface area contributed by atoms with Gasteiger partial charge in [-0.3, -0.25) is 10.1 Å². The van der Waals surface area contributed by atoms with Gasteiger partial charge in [-0.15, -0.1) is 0 Å². The number of furan rings is 1. The maximum Gasteiger partial charge on any atom is 0.424 e. The second-order valence-electron chi connectivity index (χ2n) is 5.71. The van der Waals surface area contributed by atoms with E-state index in [2.05, 4.69) is 10.6 Å². The number of halogens is 3. The summed E-state index contributed by atoms with van der Waals surface area (Å²) in [6.07, 6.45) is -5.90. The van der Waals surface area contributed by atoms with Gasteiger partial charge in [-0.05, 0) is 25.1 Å². The topological polar surface area (TPSA) is 118 Å². The van der Waals surface area contributed by atoms with Gasteiger partial charge in [-0.1, -0.05) is 6.07 Å². The van der Waals surface area contributed by atoms with Gasteiger partial charge in [-0.25, -0.2) is 4.79 Å². The zero-order chi connectivity index (χ0) is 20.2. The number of non-ortho nitro benzene ring substituents is 1. The number of alkyl halides is 3. The van der Waals surface area contributed by atoms with Crippen LogP contribution in [0.3, 0.4) is 0 Å². The molecule has 2 amide bonds. The molecule has 0 saturated carbocycles. The SMILES string of the molecule is Cc1ccc([C@](O)(CCNC(=O)Nc2cccc([N+](=O)[O-])c2)C(F)(F)F)o1. The number of amides is 2. The number of anilines is 1. The highest BCUT2D eigenvalue weighted by atomic mass is 19.4. The van der Waals surface area contributed by atoms with E-state index >= 15 is 0 Å². The normalized spacial score (nSPS) is 13.7. The second kappa shape index (κ2) is 7.66. The maximum absolute atomic E-state index is 13.3. The Hall–Kier alpha value is -3.08. The van der Waals surface area contributed by atoms with Crippen molar-refractivity contribution in [3.8, 4) is 0 Å². The van der Waals surface area contributed by atoms with E-state index in [1.165, 1.54) is 31.2 Å². The number of nitro benzene ring substituents is 1. The molecular formula is C16H16F3N3O5. The highest BCUT2D eigenvalue weighted by molar-refractivity contribution is 5.89. The second-order valence-corrected chi connectivity index (χ2v) is 5.71. The number of carbonyl (C=O) groups excluding carboxylic acids is 1. The zero-order valence-corrected chi connectivity index (χ0v) is 14.0. The molecule has 8 nitrogen and oxygen atoms in total. The van der Waals surface area contributed by atoms with Crippen molar-refractivity contribution in [2.24, 2.45) is 0 Å². The van der Waals surface area contributed by atoms with E-state index < -0.39 is 41.5 Å². The molecule has 0 spiro atoms. The van der Waals surface area contributed by atoms with Gasteiger partial charge < -0.3 is 20.2 Å². The van der Waals surface area contributed by atoms with Crippen molar-refractivity contribution >= 4 is 17.4 Å². The summed E-state index contributed by atoms with van der Waals surface area (Å²) in [7, 11) is 0. The molecule has 0 bridgehead atoms. The van der Waals surface area contributed by atoms with E-state index in [1.54, 1.807) is 0 Å². The Labute approximate surface area is 151 Å². The molecule has 0 saturated heterocycles. The lowest BCUT2D eigenvalue weighted by Gasteiger charge is -2.28. The summed E-state index contributed by atoms with van der Waals surface area (Å²) >= 11 is 0. The highest BCUT2D eigenvalue weighted by Crippen LogP contribution is 2.42. The molecule has 11 heteroatoms. The summed E-state index contributed by atoms with van der Waals surface area (Å²) in [5, 5.41) is 25.2. The van der Waals surface area contributed by atoms with E-state index in [-0.39, 0.29) is 17.1 Å². The van der Waals surface area contributed by atoms with Gasteiger partial charge >= 0.3 is 12.2 Å². The Bertz CT molecular complexity index is 837. The molecule has 1 aromatic heterocycles. The predicted molar refractivity (Wildman–Crippen MR) is 88.1 cm³/mol. The predicted octanol–water partition coefficient (Wildman–Crippen LogP) is 3.46. The smallest absolute Gasteiger partial charge is 0.424 e. The van der Waals surface area contributed by atoms with Crippen LogP contribution < -0.4 is 10.6 Å². The molecular weight excluding hydrogens is 371 g/mol. The van der Waals surface area contributed by atoms with Crippen molar-refractivity contribution in [2.75, 3.05) is 11.9 Å². The van der Waals surface area contributed by atoms with Gasteiger partial charge in [0.05, 0.1) is 4.92 Å². The monoisotopic (exact) mass is 387 g/mol. The summed E-state index contributed by atoms with van der Waals surface area (Å²) < 4.78 is 44.8. The first-order chi connectivity index (χ1) is 12.5. The van der Waals surface area contributed by atoms with Crippen molar-refractivity contribution in [2.45, 2.75) is 25.1 Å². The minimum Gasteiger partial charge on any atom is -0.463 e. The molecule has 1 heterocycles. The number of carbonyl (C=O) groups is 1. The van der Waals surface area contributed by atoms with Gasteiger partial charge in [0.25, 0.3) is 5.69 Å². The molecule has 0 aliphatic rings. The van der Waals surface area contributed by atoms with Crippen LogP contribution in [0.25, 0.3) is 0 Å². The molecule has 2 rings (SSSR count). The Morgan fingerprint density at radius 1 is 1.30 bits per heavy atom. The van der Waals surface area contributed by atoms with Gasteiger partial charge in [0.2, 0.25) is 5.60 Å². The fraction of sp³-hybridized carbons (Fsp3) is 0.312. The molecule has 1 aromatic carbocycles. The number of nitrogens with one attached hydrogen (secondary N) is 2. The standard InChI is InChI=1S/C16H16F3N3O5/c1-10-5-6-13(27-10)15(24,16(17,18)19)7-8-20-14(23)21-11-3-2-4-12(9-11)22(25)26/h2-6,9,24H,7-8H2,1H3,(H2,20,21,23)/t15-/m1/s1. The molecule has 1 atom stereocenters. The van der Waals surface area contributed by atoms with Crippen LogP contribution in [0.5, 0.6) is 0 Å². The van der Waals surface area contributed by atoms with Crippen LogP contribution >= 0.6 is 0 Å². The van der Waals surface area contributed by atoms with Crippen molar-refractivity contribution in [3.05, 3.63) is 58.0 Å². The Kier molecular flexibility index (Phi) is 5.74. The third-order valence-electron chi connectivity index (χ3n) is 3.70. The number of urea groups is 1. The summed E-state index contributed by atoms with van der Waals surface area (Å²) in [6.45, 7) is 0.904. The first-order valence-electron chi connectivity index (χ1n) is 7.68. The Morgan fingerprint density at radius 3 is 2.56 bits per heavy atom. The number of nitro groups is 1. The largest absolute Gasteiger partial charge is 0.463 e. The van der Waals surface area contributed by atoms with Gasteiger partial charge in [-0.2, -0.15) is 13.2 Å². The minimum atomic E-state index is -5.02. The van der Waals surface area contributed by atoms with Crippen LogP contribution in [0.2, 0.25) is 0 Å². The first-order valence-corrected chi connectivity index (χ1v) is 7.68. The molecule has 0 unspecified atom stereocenters. The lowest BCUT2D eigenvalue weighted by molar-refractivity contribution is -0.384. The Balaban J connectivity index is 1.99. The molecule has 2 aromatic rings. The summed E-state index contributed by atoms with van der Waals surface area (Å²) in [4.78, 5) is 21.8. The lowest BCUT2D eigenvalue weighted by Crippen LogP contribution is -2.45.